The van der Waals surface area contributed by atoms with Crippen molar-refractivity contribution < 1.29 is 4.79 Å². The number of hydrogen-bond donors (Lipinski definition) is 2. The molecule has 0 saturated heterocycles. The number of carbonyl (C=O) groups is 1. The molecule has 0 fully saturated rings. The van der Waals surface area contributed by atoms with Crippen LogP contribution in [0.25, 0.3) is 0 Å². The zero-order valence-corrected chi connectivity index (χ0v) is 14.5. The van der Waals surface area contributed by atoms with E-state index in [1.54, 1.807) is 0 Å². The van der Waals surface area contributed by atoms with Crippen LogP contribution in [0.4, 0.5) is 5.69 Å². The predicted octanol–water partition coefficient (Wildman–Crippen LogP) is 4.26. The Morgan fingerprint density at radius 1 is 1.09 bits per heavy atom. The molecule has 0 spiro atoms. The van der Waals surface area contributed by atoms with E-state index in [2.05, 4.69) is 26.6 Å². The van der Waals surface area contributed by atoms with Crippen molar-refractivity contribution in [3.05, 3.63) is 63.6 Å². The van der Waals surface area contributed by atoms with Crippen molar-refractivity contribution in [1.29, 1.82) is 0 Å². The fourth-order valence-corrected chi connectivity index (χ4v) is 2.49. The molecule has 0 aliphatic rings. The van der Waals surface area contributed by atoms with Crippen LogP contribution in [-0.2, 0) is 11.2 Å². The maximum absolute atomic E-state index is 11.8. The van der Waals surface area contributed by atoms with E-state index >= 15 is 0 Å². The topological polar surface area (TPSA) is 41.1 Å². The molecule has 0 heterocycles. The van der Waals surface area contributed by atoms with Gasteiger partial charge >= 0.3 is 0 Å². The summed E-state index contributed by atoms with van der Waals surface area (Å²) in [6.07, 6.45) is 1.23. The van der Waals surface area contributed by atoms with Gasteiger partial charge in [0.1, 0.15) is 0 Å². The molecule has 0 aliphatic heterocycles. The molecular formula is C17H18BrClN2O. The minimum atomic E-state index is 0.0478. The average Bonchev–Trinajstić information content (AvgIpc) is 2.49. The Balaban J connectivity index is 1.62. The Hall–Kier alpha value is -1.52. The number of carbonyl (C=O) groups excluding carboxylic acids is 1. The molecule has 0 bridgehead atoms. The van der Waals surface area contributed by atoms with Crippen LogP contribution in [0.2, 0.25) is 5.02 Å². The monoisotopic (exact) mass is 380 g/mol. The molecule has 2 N–H and O–H groups in total. The molecule has 0 unspecified atom stereocenters. The maximum Gasteiger partial charge on any atom is 0.221 e. The van der Waals surface area contributed by atoms with Crippen molar-refractivity contribution in [3.8, 4) is 0 Å². The molecule has 2 aromatic rings. The van der Waals surface area contributed by atoms with Gasteiger partial charge in [0.15, 0.2) is 0 Å². The fraction of sp³-hybridized carbons (Fsp3) is 0.235. The summed E-state index contributed by atoms with van der Waals surface area (Å²) >= 11 is 9.31. The van der Waals surface area contributed by atoms with Gasteiger partial charge in [0.2, 0.25) is 5.91 Å². The lowest BCUT2D eigenvalue weighted by Crippen LogP contribution is -2.27. The second-order valence-corrected chi connectivity index (χ2v) is 6.27. The largest absolute Gasteiger partial charge is 0.385 e. The third-order valence-corrected chi connectivity index (χ3v) is 3.91. The minimum absolute atomic E-state index is 0.0478. The van der Waals surface area contributed by atoms with Gasteiger partial charge in [0.05, 0.1) is 0 Å². The summed E-state index contributed by atoms with van der Waals surface area (Å²) in [5.41, 5.74) is 2.13. The zero-order chi connectivity index (χ0) is 15.8. The number of amides is 1. The molecule has 5 heteroatoms. The zero-order valence-electron chi connectivity index (χ0n) is 12.1. The molecule has 0 saturated carbocycles. The molecule has 1 amide bonds. The first-order chi connectivity index (χ1) is 10.6. The van der Waals surface area contributed by atoms with Crippen molar-refractivity contribution >= 4 is 39.1 Å². The van der Waals surface area contributed by atoms with E-state index in [9.17, 15) is 4.79 Å². The first-order valence-corrected chi connectivity index (χ1v) is 8.31. The third-order valence-electron chi connectivity index (χ3n) is 3.15. The predicted molar refractivity (Wildman–Crippen MR) is 95.4 cm³/mol. The minimum Gasteiger partial charge on any atom is -0.385 e. The van der Waals surface area contributed by atoms with Crippen molar-refractivity contribution in [2.75, 3.05) is 18.4 Å². The SMILES string of the molecule is O=C(CCNc1ccc(Br)cc1)NCCc1cccc(Cl)c1. The van der Waals surface area contributed by atoms with Gasteiger partial charge in [-0.15, -0.1) is 0 Å². The molecule has 0 aromatic heterocycles. The van der Waals surface area contributed by atoms with Gasteiger partial charge < -0.3 is 10.6 Å². The van der Waals surface area contributed by atoms with Crippen LogP contribution in [0.15, 0.2) is 53.0 Å². The number of hydrogen-bond acceptors (Lipinski definition) is 2. The Morgan fingerprint density at radius 2 is 1.86 bits per heavy atom. The highest BCUT2D eigenvalue weighted by Crippen LogP contribution is 2.14. The van der Waals surface area contributed by atoms with Crippen molar-refractivity contribution in [2.45, 2.75) is 12.8 Å². The van der Waals surface area contributed by atoms with Gasteiger partial charge in [-0.1, -0.05) is 39.7 Å². The Bertz CT molecular complexity index is 616. The summed E-state index contributed by atoms with van der Waals surface area (Å²) in [6.45, 7) is 1.24. The van der Waals surface area contributed by atoms with Crippen molar-refractivity contribution in [3.63, 3.8) is 0 Å². The molecule has 116 valence electrons. The summed E-state index contributed by atoms with van der Waals surface area (Å²) in [5.74, 6) is 0.0478. The first-order valence-electron chi connectivity index (χ1n) is 7.14. The Labute approximate surface area is 144 Å². The van der Waals surface area contributed by atoms with Crippen molar-refractivity contribution in [1.82, 2.24) is 5.32 Å². The molecule has 0 radical (unpaired) electrons. The van der Waals surface area contributed by atoms with E-state index in [0.717, 1.165) is 27.2 Å². The highest BCUT2D eigenvalue weighted by atomic mass is 79.9. The number of benzene rings is 2. The quantitative estimate of drug-likeness (QED) is 0.752. The highest BCUT2D eigenvalue weighted by molar-refractivity contribution is 9.10. The van der Waals surface area contributed by atoms with Crippen LogP contribution < -0.4 is 10.6 Å². The van der Waals surface area contributed by atoms with Crippen LogP contribution in [-0.4, -0.2) is 19.0 Å². The molecular weight excluding hydrogens is 364 g/mol. The number of anilines is 1. The summed E-state index contributed by atoms with van der Waals surface area (Å²) < 4.78 is 1.04. The van der Waals surface area contributed by atoms with Gasteiger partial charge in [-0.3, -0.25) is 4.79 Å². The first kappa shape index (κ1) is 16.8. The van der Waals surface area contributed by atoms with E-state index in [1.807, 2.05) is 48.5 Å². The Kier molecular flexibility index (Phi) is 6.74. The average molecular weight is 382 g/mol. The smallest absolute Gasteiger partial charge is 0.221 e. The van der Waals surface area contributed by atoms with E-state index in [0.29, 0.717) is 19.5 Å². The van der Waals surface area contributed by atoms with Crippen LogP contribution in [0.5, 0.6) is 0 Å². The van der Waals surface area contributed by atoms with Crippen LogP contribution in [0, 0.1) is 0 Å². The van der Waals surface area contributed by atoms with Crippen LogP contribution in [0.1, 0.15) is 12.0 Å². The van der Waals surface area contributed by atoms with E-state index < -0.39 is 0 Å². The van der Waals surface area contributed by atoms with Gasteiger partial charge in [0, 0.05) is 34.7 Å². The lowest BCUT2D eigenvalue weighted by Gasteiger charge is -2.08. The third kappa shape index (κ3) is 6.08. The lowest BCUT2D eigenvalue weighted by atomic mass is 10.1. The summed E-state index contributed by atoms with van der Waals surface area (Å²) in [7, 11) is 0. The van der Waals surface area contributed by atoms with E-state index in [4.69, 9.17) is 11.6 Å². The maximum atomic E-state index is 11.8. The molecule has 22 heavy (non-hydrogen) atoms. The van der Waals surface area contributed by atoms with Gasteiger partial charge in [-0.05, 0) is 48.4 Å². The molecule has 2 aromatic carbocycles. The number of rotatable bonds is 7. The summed E-state index contributed by atoms with van der Waals surface area (Å²) in [5, 5.41) is 6.86. The molecule has 0 atom stereocenters. The number of nitrogens with one attached hydrogen (secondary N) is 2. The molecule has 3 nitrogen and oxygen atoms in total. The second kappa shape index (κ2) is 8.81. The summed E-state index contributed by atoms with van der Waals surface area (Å²) in [4.78, 5) is 11.8. The Morgan fingerprint density at radius 3 is 2.59 bits per heavy atom. The number of halogens is 2. The van der Waals surface area contributed by atoms with Gasteiger partial charge in [0.25, 0.3) is 0 Å². The van der Waals surface area contributed by atoms with E-state index in [-0.39, 0.29) is 5.91 Å². The van der Waals surface area contributed by atoms with Crippen molar-refractivity contribution in [2.24, 2.45) is 0 Å². The molecule has 0 aliphatic carbocycles. The second-order valence-electron chi connectivity index (χ2n) is 4.91. The van der Waals surface area contributed by atoms with Crippen LogP contribution in [0.3, 0.4) is 0 Å². The van der Waals surface area contributed by atoms with Crippen LogP contribution >= 0.6 is 27.5 Å². The van der Waals surface area contributed by atoms with Gasteiger partial charge in [-0.2, -0.15) is 0 Å². The lowest BCUT2D eigenvalue weighted by molar-refractivity contribution is -0.120. The molecule has 2 rings (SSSR count). The van der Waals surface area contributed by atoms with Gasteiger partial charge in [-0.25, -0.2) is 0 Å². The normalized spacial score (nSPS) is 10.3. The van der Waals surface area contributed by atoms with E-state index in [1.165, 1.54) is 0 Å². The fourth-order valence-electron chi connectivity index (χ4n) is 2.02. The highest BCUT2D eigenvalue weighted by Gasteiger charge is 2.01. The standard InChI is InChI=1S/C17H18BrClN2O/c18-14-4-6-16(7-5-14)20-11-9-17(22)21-10-8-13-2-1-3-15(19)12-13/h1-7,12,20H,8-11H2,(H,21,22). The summed E-state index contributed by atoms with van der Waals surface area (Å²) in [6, 6.07) is 15.6.